The average Bonchev–Trinajstić information content (AvgIpc) is 2.67. The van der Waals surface area contributed by atoms with Crippen LogP contribution in [0.5, 0.6) is 0 Å². The monoisotopic (exact) mass is 318 g/mol. The van der Waals surface area contributed by atoms with E-state index in [1.54, 1.807) is 0 Å². The van der Waals surface area contributed by atoms with Gasteiger partial charge in [-0.25, -0.2) is 0 Å². The van der Waals surface area contributed by atoms with Gasteiger partial charge in [0.15, 0.2) is 0 Å². The molecule has 3 heteroatoms. The molecule has 1 aliphatic carbocycles. The van der Waals surface area contributed by atoms with Crippen LogP contribution in [0.25, 0.3) is 0 Å². The van der Waals surface area contributed by atoms with Gasteiger partial charge in [0.25, 0.3) is 0 Å². The molecule has 0 aliphatic heterocycles. The lowest BCUT2D eigenvalue weighted by Gasteiger charge is -2.12. The molecule has 0 saturated carbocycles. The van der Waals surface area contributed by atoms with Crippen molar-refractivity contribution in [2.24, 2.45) is 0 Å². The summed E-state index contributed by atoms with van der Waals surface area (Å²) in [6, 6.07) is 8.55. The molecule has 1 atom stereocenters. The maximum atomic E-state index is 4.61. The maximum Gasteiger partial charge on any atom is 0.0728 e. The van der Waals surface area contributed by atoms with Crippen LogP contribution in [0.4, 0.5) is 0 Å². The number of aromatic nitrogens is 2. The van der Waals surface area contributed by atoms with Crippen LogP contribution in [0.3, 0.4) is 0 Å². The first-order chi connectivity index (χ1) is 9.25. The Bertz CT molecular complexity index is 574. The normalized spacial score (nSPS) is 16.7. The number of hydrogen-bond donors (Lipinski definition) is 1. The van der Waals surface area contributed by atoms with Crippen LogP contribution in [0.1, 0.15) is 54.6 Å². The molecule has 0 saturated heterocycles. The van der Waals surface area contributed by atoms with E-state index < -0.39 is 0 Å². The summed E-state index contributed by atoms with van der Waals surface area (Å²) >= 11 is 3.55. The highest BCUT2D eigenvalue weighted by Gasteiger charge is 2.20. The van der Waals surface area contributed by atoms with Crippen molar-refractivity contribution in [1.82, 2.24) is 10.2 Å². The lowest BCUT2D eigenvalue weighted by Crippen LogP contribution is -2.01. The molecule has 2 nitrogen and oxygen atoms in total. The molecule has 1 aromatic carbocycles. The molecule has 1 heterocycles. The molecule has 100 valence electrons. The molecule has 1 N–H and O–H groups in total. The molecular weight excluding hydrogens is 300 g/mol. The number of halogens is 1. The van der Waals surface area contributed by atoms with Crippen molar-refractivity contribution in [1.29, 1.82) is 0 Å². The second-order valence-electron chi connectivity index (χ2n) is 5.40. The van der Waals surface area contributed by atoms with Crippen LogP contribution < -0.4 is 0 Å². The highest BCUT2D eigenvalue weighted by atomic mass is 79.9. The second-order valence-corrected chi connectivity index (χ2v) is 6.32. The lowest BCUT2D eigenvalue weighted by atomic mass is 9.93. The number of aromatic amines is 1. The summed E-state index contributed by atoms with van der Waals surface area (Å²) in [5.74, 6) is 0.357. The Balaban J connectivity index is 1.96. The minimum atomic E-state index is 0.357. The summed E-state index contributed by atoms with van der Waals surface area (Å²) in [5.41, 5.74) is 5.42. The fraction of sp³-hybridized carbons (Fsp3) is 0.438. The van der Waals surface area contributed by atoms with Crippen LogP contribution in [0, 0.1) is 0 Å². The number of nitrogens with one attached hydrogen (secondary N) is 1. The number of aryl methyl sites for hydroxylation is 1. The van der Waals surface area contributed by atoms with Gasteiger partial charge in [-0.2, -0.15) is 5.10 Å². The third-order valence-electron chi connectivity index (χ3n) is 4.10. The van der Waals surface area contributed by atoms with Crippen molar-refractivity contribution in [3.63, 3.8) is 0 Å². The van der Waals surface area contributed by atoms with Crippen molar-refractivity contribution < 1.29 is 0 Å². The number of fused-ring (bicyclic) bond motifs is 1. The summed E-state index contributed by atoms with van der Waals surface area (Å²) in [6.07, 6.45) is 6.27. The highest BCUT2D eigenvalue weighted by Crippen LogP contribution is 2.31. The van der Waals surface area contributed by atoms with Gasteiger partial charge in [-0.3, -0.25) is 5.10 Å². The van der Waals surface area contributed by atoms with Crippen LogP contribution >= 0.6 is 15.9 Å². The fourth-order valence-electron chi connectivity index (χ4n) is 2.98. The lowest BCUT2D eigenvalue weighted by molar-refractivity contribution is 0.695. The third-order valence-corrected chi connectivity index (χ3v) is 4.59. The molecule has 0 fully saturated rings. The number of rotatable bonds is 2. The van der Waals surface area contributed by atoms with E-state index >= 15 is 0 Å². The molecule has 0 amide bonds. The average molecular weight is 319 g/mol. The smallest absolute Gasteiger partial charge is 0.0728 e. The Morgan fingerprint density at radius 1 is 1.21 bits per heavy atom. The van der Waals surface area contributed by atoms with E-state index in [1.807, 2.05) is 0 Å². The predicted octanol–water partition coefficient (Wildman–Crippen LogP) is 4.59. The van der Waals surface area contributed by atoms with E-state index in [0.717, 1.165) is 10.9 Å². The minimum Gasteiger partial charge on any atom is -0.282 e. The van der Waals surface area contributed by atoms with Crippen LogP contribution in [0.2, 0.25) is 0 Å². The van der Waals surface area contributed by atoms with Crippen molar-refractivity contribution in [2.45, 2.75) is 44.9 Å². The van der Waals surface area contributed by atoms with E-state index in [0.29, 0.717) is 5.92 Å². The van der Waals surface area contributed by atoms with E-state index in [1.165, 1.54) is 48.2 Å². The quantitative estimate of drug-likeness (QED) is 0.806. The van der Waals surface area contributed by atoms with Gasteiger partial charge in [0, 0.05) is 16.1 Å². The first-order valence-corrected chi connectivity index (χ1v) is 7.86. The van der Waals surface area contributed by atoms with Crippen molar-refractivity contribution in [2.75, 3.05) is 0 Å². The van der Waals surface area contributed by atoms with Gasteiger partial charge in [-0.15, -0.1) is 0 Å². The Labute approximate surface area is 122 Å². The molecule has 1 aromatic heterocycles. The Morgan fingerprint density at radius 3 is 2.89 bits per heavy atom. The topological polar surface area (TPSA) is 28.7 Å². The van der Waals surface area contributed by atoms with Gasteiger partial charge >= 0.3 is 0 Å². The molecule has 0 spiro atoms. The van der Waals surface area contributed by atoms with Crippen molar-refractivity contribution in [3.05, 3.63) is 51.3 Å². The fourth-order valence-corrected chi connectivity index (χ4v) is 3.39. The molecule has 19 heavy (non-hydrogen) atoms. The van der Waals surface area contributed by atoms with E-state index in [9.17, 15) is 0 Å². The largest absolute Gasteiger partial charge is 0.282 e. The van der Waals surface area contributed by atoms with Crippen LogP contribution in [0.15, 0.2) is 28.7 Å². The molecule has 2 aromatic rings. The van der Waals surface area contributed by atoms with Crippen LogP contribution in [-0.2, 0) is 12.8 Å². The third kappa shape index (κ3) is 2.62. The number of nitrogens with zero attached hydrogens (tertiary/aromatic N) is 1. The standard InChI is InChI=1S/C16H19BrN2/c1-11(12-6-5-7-13(17)10-12)16-14-8-3-2-4-9-15(14)18-19-16/h5-7,10-11H,2-4,8-9H2,1H3,(H,18,19). The van der Waals surface area contributed by atoms with Gasteiger partial charge < -0.3 is 0 Å². The Morgan fingerprint density at radius 2 is 2.05 bits per heavy atom. The number of benzene rings is 1. The molecule has 0 radical (unpaired) electrons. The van der Waals surface area contributed by atoms with E-state index in [-0.39, 0.29) is 0 Å². The van der Waals surface area contributed by atoms with Crippen molar-refractivity contribution >= 4 is 15.9 Å². The van der Waals surface area contributed by atoms with Gasteiger partial charge in [-0.05, 0) is 48.9 Å². The summed E-state index contributed by atoms with van der Waals surface area (Å²) in [7, 11) is 0. The molecule has 0 bridgehead atoms. The zero-order chi connectivity index (χ0) is 13.2. The zero-order valence-corrected chi connectivity index (χ0v) is 12.8. The van der Waals surface area contributed by atoms with E-state index in [4.69, 9.17) is 0 Å². The van der Waals surface area contributed by atoms with Gasteiger partial charge in [-0.1, -0.05) is 41.4 Å². The molecule has 1 aliphatic rings. The van der Waals surface area contributed by atoms with Gasteiger partial charge in [0.05, 0.1) is 5.69 Å². The zero-order valence-electron chi connectivity index (χ0n) is 11.2. The summed E-state index contributed by atoms with van der Waals surface area (Å²) in [6.45, 7) is 2.25. The van der Waals surface area contributed by atoms with Crippen molar-refractivity contribution in [3.8, 4) is 0 Å². The second kappa shape index (κ2) is 5.49. The first-order valence-electron chi connectivity index (χ1n) is 7.07. The first kappa shape index (κ1) is 12.9. The molecule has 3 rings (SSSR count). The summed E-state index contributed by atoms with van der Waals surface area (Å²) < 4.78 is 1.14. The highest BCUT2D eigenvalue weighted by molar-refractivity contribution is 9.10. The van der Waals surface area contributed by atoms with Gasteiger partial charge in [0.2, 0.25) is 0 Å². The maximum absolute atomic E-state index is 4.61. The SMILES string of the molecule is CC(c1cccc(Br)c1)c1n[nH]c2c1CCCCC2. The Hall–Kier alpha value is -1.09. The van der Waals surface area contributed by atoms with E-state index in [2.05, 4.69) is 57.3 Å². The van der Waals surface area contributed by atoms with Crippen LogP contribution in [-0.4, -0.2) is 10.2 Å². The summed E-state index contributed by atoms with van der Waals surface area (Å²) in [4.78, 5) is 0. The van der Waals surface area contributed by atoms with Gasteiger partial charge in [0.1, 0.15) is 0 Å². The number of H-pyrrole nitrogens is 1. The molecule has 1 unspecified atom stereocenters. The predicted molar refractivity (Wildman–Crippen MR) is 81.5 cm³/mol. The molecular formula is C16H19BrN2. The Kier molecular flexibility index (Phi) is 3.74. The summed E-state index contributed by atoms with van der Waals surface area (Å²) in [5, 5.41) is 7.87. The number of hydrogen-bond acceptors (Lipinski definition) is 1. The minimum absolute atomic E-state index is 0.357.